The van der Waals surface area contributed by atoms with Crippen molar-refractivity contribution < 1.29 is 19.2 Å². The SMILES string of the molecule is COc1ccc(-c2cc([C@@](C)(O)NC(C)=O)on2)cc1. The lowest BCUT2D eigenvalue weighted by atomic mass is 10.1. The molecule has 2 aromatic rings. The standard InChI is InChI=1S/C14H16N2O4/c1-9(17)15-14(2,18)13-8-12(16-20-13)10-4-6-11(19-3)7-5-10/h4-8,18H,1-3H3,(H,15,17)/t14-/m1/s1. The second kappa shape index (κ2) is 5.34. The Morgan fingerprint density at radius 1 is 1.40 bits per heavy atom. The van der Waals surface area contributed by atoms with Gasteiger partial charge in [0, 0.05) is 18.6 Å². The number of hydrogen-bond acceptors (Lipinski definition) is 5. The first kappa shape index (κ1) is 14.1. The van der Waals surface area contributed by atoms with Crippen LogP contribution in [-0.2, 0) is 10.5 Å². The Bertz CT molecular complexity index is 602. The Labute approximate surface area is 116 Å². The van der Waals surface area contributed by atoms with Crippen LogP contribution in [0.3, 0.4) is 0 Å². The summed E-state index contributed by atoms with van der Waals surface area (Å²) >= 11 is 0. The lowest BCUT2D eigenvalue weighted by Crippen LogP contribution is -2.41. The van der Waals surface area contributed by atoms with E-state index in [0.717, 1.165) is 11.3 Å². The molecule has 0 fully saturated rings. The van der Waals surface area contributed by atoms with Crippen LogP contribution in [0.2, 0.25) is 0 Å². The van der Waals surface area contributed by atoms with Crippen molar-refractivity contribution in [2.45, 2.75) is 19.6 Å². The molecule has 2 rings (SSSR count). The summed E-state index contributed by atoms with van der Waals surface area (Å²) in [5.41, 5.74) is -0.212. The first-order valence-electron chi connectivity index (χ1n) is 6.05. The zero-order valence-corrected chi connectivity index (χ0v) is 11.5. The van der Waals surface area contributed by atoms with Gasteiger partial charge >= 0.3 is 0 Å². The van der Waals surface area contributed by atoms with Crippen molar-refractivity contribution in [1.82, 2.24) is 10.5 Å². The predicted molar refractivity (Wildman–Crippen MR) is 71.9 cm³/mol. The van der Waals surface area contributed by atoms with Gasteiger partial charge in [0.1, 0.15) is 11.4 Å². The summed E-state index contributed by atoms with van der Waals surface area (Å²) in [5, 5.41) is 16.4. The topological polar surface area (TPSA) is 84.6 Å². The van der Waals surface area contributed by atoms with Gasteiger partial charge in [0.2, 0.25) is 5.91 Å². The zero-order valence-electron chi connectivity index (χ0n) is 11.5. The molecule has 0 spiro atoms. The van der Waals surface area contributed by atoms with Crippen LogP contribution in [0.1, 0.15) is 19.6 Å². The van der Waals surface area contributed by atoms with Crippen molar-refractivity contribution in [3.05, 3.63) is 36.1 Å². The van der Waals surface area contributed by atoms with Crippen molar-refractivity contribution >= 4 is 5.91 Å². The summed E-state index contributed by atoms with van der Waals surface area (Å²) in [5.74, 6) is 0.540. The largest absolute Gasteiger partial charge is 0.497 e. The Morgan fingerprint density at radius 3 is 2.60 bits per heavy atom. The highest BCUT2D eigenvalue weighted by atomic mass is 16.5. The molecule has 1 heterocycles. The molecule has 1 aromatic carbocycles. The lowest BCUT2D eigenvalue weighted by molar-refractivity contribution is -0.127. The molecule has 0 saturated carbocycles. The van der Waals surface area contributed by atoms with Crippen LogP contribution in [0.4, 0.5) is 0 Å². The number of carbonyl (C=O) groups excluding carboxylic acids is 1. The maximum Gasteiger partial charge on any atom is 0.219 e. The second-order valence-corrected chi connectivity index (χ2v) is 4.56. The summed E-state index contributed by atoms with van der Waals surface area (Å²) in [6, 6.07) is 8.84. The van der Waals surface area contributed by atoms with Gasteiger partial charge in [-0.05, 0) is 31.2 Å². The van der Waals surface area contributed by atoms with Gasteiger partial charge in [-0.3, -0.25) is 4.79 Å². The van der Waals surface area contributed by atoms with Gasteiger partial charge in [0.15, 0.2) is 11.5 Å². The van der Waals surface area contributed by atoms with E-state index in [0.29, 0.717) is 5.69 Å². The molecule has 0 radical (unpaired) electrons. The van der Waals surface area contributed by atoms with Crippen LogP contribution in [-0.4, -0.2) is 23.3 Å². The number of aromatic nitrogens is 1. The van der Waals surface area contributed by atoms with Gasteiger partial charge in [-0.15, -0.1) is 0 Å². The summed E-state index contributed by atoms with van der Waals surface area (Å²) in [7, 11) is 1.59. The molecule has 0 aliphatic rings. The van der Waals surface area contributed by atoms with Crippen molar-refractivity contribution in [2.24, 2.45) is 0 Å². The maximum absolute atomic E-state index is 11.0. The van der Waals surface area contributed by atoms with Crippen molar-refractivity contribution in [1.29, 1.82) is 0 Å². The van der Waals surface area contributed by atoms with E-state index in [-0.39, 0.29) is 11.7 Å². The monoisotopic (exact) mass is 276 g/mol. The molecule has 0 aliphatic carbocycles. The highest BCUT2D eigenvalue weighted by Gasteiger charge is 2.29. The van der Waals surface area contributed by atoms with Gasteiger partial charge in [-0.2, -0.15) is 0 Å². The first-order valence-corrected chi connectivity index (χ1v) is 6.05. The number of carbonyl (C=O) groups is 1. The normalized spacial score (nSPS) is 13.6. The van der Waals surface area contributed by atoms with Gasteiger partial charge in [-0.1, -0.05) is 5.16 Å². The molecular weight excluding hydrogens is 260 g/mol. The van der Waals surface area contributed by atoms with Crippen molar-refractivity contribution in [2.75, 3.05) is 7.11 Å². The Hall–Kier alpha value is -2.34. The third-order valence-corrected chi connectivity index (χ3v) is 2.80. The molecular formula is C14H16N2O4. The number of aliphatic hydroxyl groups is 1. The molecule has 1 amide bonds. The molecule has 0 saturated heterocycles. The van der Waals surface area contributed by atoms with E-state index in [1.807, 2.05) is 12.1 Å². The fourth-order valence-electron chi connectivity index (χ4n) is 1.81. The maximum atomic E-state index is 11.0. The van der Waals surface area contributed by atoms with Crippen molar-refractivity contribution in [3.8, 4) is 17.0 Å². The molecule has 0 aliphatic heterocycles. The molecule has 1 atom stereocenters. The number of methoxy groups -OCH3 is 1. The molecule has 2 N–H and O–H groups in total. The van der Waals surface area contributed by atoms with Gasteiger partial charge < -0.3 is 19.7 Å². The zero-order chi connectivity index (χ0) is 14.8. The molecule has 0 unspecified atom stereocenters. The minimum Gasteiger partial charge on any atom is -0.497 e. The lowest BCUT2D eigenvalue weighted by Gasteiger charge is -2.20. The van der Waals surface area contributed by atoms with E-state index in [2.05, 4.69) is 10.5 Å². The predicted octanol–water partition coefficient (Wildman–Crippen LogP) is 1.65. The number of benzene rings is 1. The molecule has 6 nitrogen and oxygen atoms in total. The fraction of sp³-hybridized carbons (Fsp3) is 0.286. The Morgan fingerprint density at radius 2 is 2.05 bits per heavy atom. The average molecular weight is 276 g/mol. The van der Waals surface area contributed by atoms with Crippen LogP contribution < -0.4 is 10.1 Å². The van der Waals surface area contributed by atoms with E-state index in [1.54, 1.807) is 25.3 Å². The number of nitrogens with zero attached hydrogens (tertiary/aromatic N) is 1. The minimum atomic E-state index is -1.59. The number of amides is 1. The smallest absolute Gasteiger partial charge is 0.219 e. The molecule has 20 heavy (non-hydrogen) atoms. The quantitative estimate of drug-likeness (QED) is 0.829. The van der Waals surface area contributed by atoms with E-state index >= 15 is 0 Å². The Balaban J connectivity index is 2.25. The fourth-order valence-corrected chi connectivity index (χ4v) is 1.81. The second-order valence-electron chi connectivity index (χ2n) is 4.56. The average Bonchev–Trinajstić information content (AvgIpc) is 2.88. The number of nitrogens with one attached hydrogen (secondary N) is 1. The molecule has 0 bridgehead atoms. The summed E-state index contributed by atoms with van der Waals surface area (Å²) in [6.07, 6.45) is 0. The van der Waals surface area contributed by atoms with Crippen LogP contribution >= 0.6 is 0 Å². The van der Waals surface area contributed by atoms with Crippen LogP contribution in [0.25, 0.3) is 11.3 Å². The minimum absolute atomic E-state index is 0.165. The van der Waals surface area contributed by atoms with Crippen molar-refractivity contribution in [3.63, 3.8) is 0 Å². The first-order chi connectivity index (χ1) is 9.42. The summed E-state index contributed by atoms with van der Waals surface area (Å²) in [6.45, 7) is 2.74. The van der Waals surface area contributed by atoms with E-state index in [9.17, 15) is 9.90 Å². The van der Waals surface area contributed by atoms with Gasteiger partial charge in [0.25, 0.3) is 0 Å². The Kier molecular flexibility index (Phi) is 3.76. The van der Waals surface area contributed by atoms with E-state index in [1.165, 1.54) is 13.8 Å². The molecule has 6 heteroatoms. The van der Waals surface area contributed by atoms with Gasteiger partial charge in [-0.25, -0.2) is 0 Å². The summed E-state index contributed by atoms with van der Waals surface area (Å²) in [4.78, 5) is 11.0. The number of hydrogen-bond donors (Lipinski definition) is 2. The van der Waals surface area contributed by atoms with E-state index < -0.39 is 5.72 Å². The number of ether oxygens (including phenoxy) is 1. The summed E-state index contributed by atoms with van der Waals surface area (Å²) < 4.78 is 10.2. The molecule has 106 valence electrons. The number of rotatable bonds is 4. The highest BCUT2D eigenvalue weighted by molar-refractivity contribution is 5.73. The van der Waals surface area contributed by atoms with Crippen LogP contribution in [0.5, 0.6) is 5.75 Å². The van der Waals surface area contributed by atoms with Crippen LogP contribution in [0.15, 0.2) is 34.9 Å². The van der Waals surface area contributed by atoms with Gasteiger partial charge in [0.05, 0.1) is 7.11 Å². The van der Waals surface area contributed by atoms with Crippen LogP contribution in [0, 0.1) is 0 Å². The third-order valence-electron chi connectivity index (χ3n) is 2.80. The molecule has 1 aromatic heterocycles. The van der Waals surface area contributed by atoms with E-state index in [4.69, 9.17) is 9.26 Å². The third kappa shape index (κ3) is 2.97. The highest BCUT2D eigenvalue weighted by Crippen LogP contribution is 2.26.